The first-order chi connectivity index (χ1) is 10.2. The van der Waals surface area contributed by atoms with Gasteiger partial charge in [0.25, 0.3) is 5.91 Å². The molecule has 1 amide bonds. The highest BCUT2D eigenvalue weighted by Gasteiger charge is 2.35. The molecule has 1 aliphatic rings. The fourth-order valence-corrected chi connectivity index (χ4v) is 2.85. The maximum atomic E-state index is 12.3. The highest BCUT2D eigenvalue weighted by Crippen LogP contribution is 2.22. The van der Waals surface area contributed by atoms with Crippen LogP contribution in [0.5, 0.6) is 0 Å². The number of amides is 1. The summed E-state index contributed by atoms with van der Waals surface area (Å²) in [5.74, 6) is 5.59. The molecular formula is C15H19NO4S. The van der Waals surface area contributed by atoms with E-state index in [1.54, 1.807) is 7.11 Å². The molecule has 1 aromatic rings. The van der Waals surface area contributed by atoms with Crippen LogP contribution in [0.2, 0.25) is 0 Å². The smallest absolute Gasteiger partial charge is 0.262 e. The van der Waals surface area contributed by atoms with Crippen molar-refractivity contribution in [3.8, 4) is 11.8 Å². The van der Waals surface area contributed by atoms with E-state index in [9.17, 15) is 4.79 Å². The van der Waals surface area contributed by atoms with Gasteiger partial charge in [0.15, 0.2) is 0 Å². The zero-order chi connectivity index (χ0) is 15.1. The lowest BCUT2D eigenvalue weighted by Crippen LogP contribution is -2.44. The molecule has 1 saturated heterocycles. The van der Waals surface area contributed by atoms with Gasteiger partial charge in [-0.15, -0.1) is 11.3 Å². The van der Waals surface area contributed by atoms with E-state index >= 15 is 0 Å². The van der Waals surface area contributed by atoms with Crippen LogP contribution in [0.3, 0.4) is 0 Å². The lowest BCUT2D eigenvalue weighted by atomic mass is 10.0. The van der Waals surface area contributed by atoms with Crippen LogP contribution in [0, 0.1) is 11.8 Å². The summed E-state index contributed by atoms with van der Waals surface area (Å²) in [6.45, 7) is 1.59. The molecule has 21 heavy (non-hydrogen) atoms. The van der Waals surface area contributed by atoms with Gasteiger partial charge >= 0.3 is 0 Å². The number of nitrogens with one attached hydrogen (secondary N) is 1. The van der Waals surface area contributed by atoms with E-state index in [0.29, 0.717) is 36.6 Å². The summed E-state index contributed by atoms with van der Waals surface area (Å²) in [4.78, 5) is 12.8. The number of hydrogen-bond donors (Lipinski definition) is 2. The zero-order valence-electron chi connectivity index (χ0n) is 12.0. The van der Waals surface area contributed by atoms with Crippen molar-refractivity contribution in [2.45, 2.75) is 18.4 Å². The topological polar surface area (TPSA) is 67.8 Å². The second-order valence-corrected chi connectivity index (χ2v) is 5.73. The van der Waals surface area contributed by atoms with Gasteiger partial charge in [-0.25, -0.2) is 0 Å². The molecule has 114 valence electrons. The van der Waals surface area contributed by atoms with Crippen molar-refractivity contribution in [1.29, 1.82) is 0 Å². The maximum Gasteiger partial charge on any atom is 0.262 e. The number of aliphatic hydroxyl groups excluding tert-OH is 1. The van der Waals surface area contributed by atoms with Gasteiger partial charge in [0.05, 0.1) is 13.2 Å². The zero-order valence-corrected chi connectivity index (χ0v) is 12.8. The Kier molecular flexibility index (Phi) is 5.76. The van der Waals surface area contributed by atoms with Gasteiger partial charge in [0, 0.05) is 38.7 Å². The molecule has 2 N–H and O–H groups in total. The minimum atomic E-state index is -0.421. The Labute approximate surface area is 128 Å². The van der Waals surface area contributed by atoms with Crippen LogP contribution < -0.4 is 5.32 Å². The summed E-state index contributed by atoms with van der Waals surface area (Å²) in [5, 5.41) is 13.5. The van der Waals surface area contributed by atoms with Crippen molar-refractivity contribution >= 4 is 17.2 Å². The van der Waals surface area contributed by atoms with Gasteiger partial charge < -0.3 is 19.9 Å². The second-order valence-electron chi connectivity index (χ2n) is 4.81. The molecule has 1 unspecified atom stereocenters. The molecule has 0 bridgehead atoms. The van der Waals surface area contributed by atoms with Crippen LogP contribution >= 0.6 is 11.3 Å². The molecule has 1 aromatic heterocycles. The predicted octanol–water partition coefficient (Wildman–Crippen LogP) is 1.02. The minimum absolute atomic E-state index is 0.0228. The fourth-order valence-electron chi connectivity index (χ4n) is 2.08. The van der Waals surface area contributed by atoms with Crippen LogP contribution in [0.1, 0.15) is 28.1 Å². The number of aliphatic hydroxyl groups is 1. The number of carbonyl (C=O) groups excluding carboxylic acids is 1. The predicted molar refractivity (Wildman–Crippen MR) is 80.4 cm³/mol. The number of hydrogen-bond acceptors (Lipinski definition) is 5. The quantitative estimate of drug-likeness (QED) is 0.797. The van der Waals surface area contributed by atoms with Crippen LogP contribution in [0.15, 0.2) is 11.4 Å². The summed E-state index contributed by atoms with van der Waals surface area (Å²) < 4.78 is 10.8. The molecule has 5 nitrogen and oxygen atoms in total. The molecule has 0 saturated carbocycles. The molecule has 0 spiro atoms. The van der Waals surface area contributed by atoms with Gasteiger partial charge in [-0.3, -0.25) is 4.79 Å². The highest BCUT2D eigenvalue weighted by molar-refractivity contribution is 7.12. The lowest BCUT2D eigenvalue weighted by Gasteiger charge is -2.25. The number of ether oxygens (including phenoxy) is 2. The van der Waals surface area contributed by atoms with Crippen LogP contribution in [0.4, 0.5) is 0 Å². The third-order valence-corrected chi connectivity index (χ3v) is 4.32. The van der Waals surface area contributed by atoms with E-state index in [4.69, 9.17) is 14.6 Å². The number of rotatable bonds is 5. The molecule has 1 fully saturated rings. The van der Waals surface area contributed by atoms with Gasteiger partial charge in [0.2, 0.25) is 0 Å². The normalized spacial score (nSPS) is 20.9. The largest absolute Gasteiger partial charge is 0.395 e. The third kappa shape index (κ3) is 4.05. The summed E-state index contributed by atoms with van der Waals surface area (Å²) in [6, 6.07) is 1.81. The van der Waals surface area contributed by atoms with E-state index in [-0.39, 0.29) is 12.5 Å². The molecule has 2 rings (SSSR count). The van der Waals surface area contributed by atoms with Gasteiger partial charge in [-0.2, -0.15) is 0 Å². The Morgan fingerprint density at radius 2 is 2.52 bits per heavy atom. The standard InChI is InChI=1S/C15H19NO4S/c1-19-15(6-8-20-11-15)10-16-14(18)13-12(5-9-21-13)4-2-3-7-17/h5,9,17H,3,6-8,10-11H2,1H3,(H,16,18). The van der Waals surface area contributed by atoms with Crippen molar-refractivity contribution in [1.82, 2.24) is 5.32 Å². The van der Waals surface area contributed by atoms with Crippen molar-refractivity contribution in [3.63, 3.8) is 0 Å². The van der Waals surface area contributed by atoms with Crippen LogP contribution in [0.25, 0.3) is 0 Å². The maximum absolute atomic E-state index is 12.3. The first-order valence-electron chi connectivity index (χ1n) is 6.79. The van der Waals surface area contributed by atoms with Crippen LogP contribution in [-0.4, -0.2) is 50.1 Å². The first-order valence-corrected chi connectivity index (χ1v) is 7.67. The van der Waals surface area contributed by atoms with Crippen LogP contribution in [-0.2, 0) is 9.47 Å². The summed E-state index contributed by atoms with van der Waals surface area (Å²) in [7, 11) is 1.64. The van der Waals surface area contributed by atoms with Crippen molar-refractivity contribution in [2.24, 2.45) is 0 Å². The first kappa shape index (κ1) is 16.0. The van der Waals surface area contributed by atoms with Crippen molar-refractivity contribution in [3.05, 3.63) is 21.9 Å². The molecule has 1 aliphatic heterocycles. The number of thiophene rings is 1. The summed E-state index contributed by atoms with van der Waals surface area (Å²) in [6.07, 6.45) is 1.18. The van der Waals surface area contributed by atoms with Crippen molar-refractivity contribution in [2.75, 3.05) is 33.5 Å². The fraction of sp³-hybridized carbons (Fsp3) is 0.533. The van der Waals surface area contributed by atoms with E-state index in [0.717, 1.165) is 6.42 Å². The number of carbonyl (C=O) groups is 1. The molecule has 6 heteroatoms. The Balaban J connectivity index is 1.98. The van der Waals surface area contributed by atoms with Crippen molar-refractivity contribution < 1.29 is 19.4 Å². The molecule has 2 heterocycles. The Bertz CT molecular complexity index is 537. The molecule has 1 atom stereocenters. The monoisotopic (exact) mass is 309 g/mol. The van der Waals surface area contributed by atoms with Gasteiger partial charge in [-0.1, -0.05) is 11.8 Å². The van der Waals surface area contributed by atoms with E-state index in [2.05, 4.69) is 17.2 Å². The molecule has 0 radical (unpaired) electrons. The third-order valence-electron chi connectivity index (χ3n) is 3.40. The average Bonchev–Trinajstić information content (AvgIpc) is 3.15. The summed E-state index contributed by atoms with van der Waals surface area (Å²) >= 11 is 1.36. The molecular weight excluding hydrogens is 290 g/mol. The van der Waals surface area contributed by atoms with E-state index in [1.807, 2.05) is 11.4 Å². The lowest BCUT2D eigenvalue weighted by molar-refractivity contribution is -0.0148. The minimum Gasteiger partial charge on any atom is -0.395 e. The van der Waals surface area contributed by atoms with Gasteiger partial charge in [-0.05, 0) is 11.4 Å². The van der Waals surface area contributed by atoms with Gasteiger partial charge in [0.1, 0.15) is 10.5 Å². The summed E-state index contributed by atoms with van der Waals surface area (Å²) in [5.41, 5.74) is 0.274. The van der Waals surface area contributed by atoms with E-state index in [1.165, 1.54) is 11.3 Å². The Morgan fingerprint density at radius 1 is 1.67 bits per heavy atom. The number of methoxy groups -OCH3 is 1. The average molecular weight is 309 g/mol. The Hall–Kier alpha value is -1.39. The van der Waals surface area contributed by atoms with E-state index < -0.39 is 5.60 Å². The molecule has 0 aromatic carbocycles. The highest BCUT2D eigenvalue weighted by atomic mass is 32.1. The second kappa shape index (κ2) is 7.57. The SMILES string of the molecule is COC1(CNC(=O)c2sccc2C#CCCO)CCOC1. The molecule has 0 aliphatic carbocycles. The Morgan fingerprint density at radius 3 is 3.19 bits per heavy atom.